The van der Waals surface area contributed by atoms with Gasteiger partial charge in [-0.2, -0.15) is 0 Å². The molecule has 0 spiro atoms. The van der Waals surface area contributed by atoms with Gasteiger partial charge in [0.1, 0.15) is 6.29 Å². The topological polar surface area (TPSA) is 26.3 Å². The number of ether oxygens (including phenoxy) is 1. The first-order valence-electron chi connectivity index (χ1n) is 15.6. The van der Waals surface area contributed by atoms with Gasteiger partial charge >= 0.3 is 0 Å². The van der Waals surface area contributed by atoms with E-state index in [0.717, 1.165) is 19.5 Å². The highest BCUT2D eigenvalue weighted by Gasteiger charge is 2.42. The van der Waals surface area contributed by atoms with Crippen molar-refractivity contribution in [3.05, 3.63) is 0 Å². The fraction of sp³-hybridized carbons (Fsp3) is 0.865. The number of terminal acetylenes is 2. The smallest absolute Gasteiger partial charge is 0.116 e. The van der Waals surface area contributed by atoms with Gasteiger partial charge in [0.2, 0.25) is 0 Å². The molecule has 2 heteroatoms. The molecule has 0 radical (unpaired) electrons. The molecule has 0 aromatic rings. The molecular formula is C37H82O2. The first kappa shape index (κ1) is 61.7. The van der Waals surface area contributed by atoms with E-state index in [-0.39, 0.29) is 12.8 Å². The van der Waals surface area contributed by atoms with Crippen LogP contribution >= 0.6 is 0 Å². The van der Waals surface area contributed by atoms with Gasteiger partial charge in [-0.1, -0.05) is 151 Å². The Morgan fingerprint density at radius 1 is 0.795 bits per heavy atom. The van der Waals surface area contributed by atoms with Gasteiger partial charge in [-0.3, -0.25) is 0 Å². The molecular weight excluding hydrogens is 476 g/mol. The van der Waals surface area contributed by atoms with Crippen LogP contribution in [-0.2, 0) is 9.53 Å². The molecule has 1 saturated heterocycles. The molecule has 1 aliphatic rings. The Balaban J connectivity index is -0.0000000509. The zero-order valence-corrected chi connectivity index (χ0v) is 30.3. The minimum atomic E-state index is 0. The normalized spacial score (nSPS) is 13.1. The molecule has 0 aromatic carbocycles. The van der Waals surface area contributed by atoms with Gasteiger partial charge < -0.3 is 9.53 Å². The summed E-state index contributed by atoms with van der Waals surface area (Å²) in [5.41, 5.74) is 0.613. The molecule has 1 heterocycles. The van der Waals surface area contributed by atoms with Gasteiger partial charge in [0.05, 0.1) is 13.2 Å². The van der Waals surface area contributed by atoms with Gasteiger partial charge in [-0.05, 0) is 36.5 Å². The van der Waals surface area contributed by atoms with Gasteiger partial charge in [-0.15, -0.1) is 25.2 Å². The molecule has 2 nitrogen and oxygen atoms in total. The van der Waals surface area contributed by atoms with E-state index in [1.165, 1.54) is 39.0 Å². The van der Waals surface area contributed by atoms with Crippen LogP contribution in [0.4, 0.5) is 0 Å². The standard InChI is InChI=1S/C17H30O.3C3H8.C2H4O.3C2H6.C2H2.CH4/c1-8-13(2)17(7,10-9-16(4,5)6)14(3)15-11-18-12-15;3*1-3-2;1-2-3;4*1-2;/h1,13-15H,9-12H2,2-7H3;3*3H2,1-2H3;2H,1H3;3*1-2H3;1-2H;1H4/t13?,14?,17-;;;;;;;;;/m1........./s1. The summed E-state index contributed by atoms with van der Waals surface area (Å²) in [6.07, 6.45) is 20.7. The molecule has 0 aliphatic carbocycles. The van der Waals surface area contributed by atoms with E-state index in [1.807, 2.05) is 41.5 Å². The van der Waals surface area contributed by atoms with Gasteiger partial charge in [-0.25, -0.2) is 0 Å². The van der Waals surface area contributed by atoms with Crippen LogP contribution in [0.5, 0.6) is 0 Å². The number of hydrogen-bond donors (Lipinski definition) is 0. The molecule has 3 atom stereocenters. The predicted molar refractivity (Wildman–Crippen MR) is 189 cm³/mol. The largest absolute Gasteiger partial charge is 0.381 e. The quantitative estimate of drug-likeness (QED) is 0.248. The summed E-state index contributed by atoms with van der Waals surface area (Å²) in [6.45, 7) is 41.9. The van der Waals surface area contributed by atoms with Crippen LogP contribution in [0, 0.1) is 53.8 Å². The summed E-state index contributed by atoms with van der Waals surface area (Å²) in [7, 11) is 0. The third-order valence-electron chi connectivity index (χ3n) is 5.06. The highest BCUT2D eigenvalue weighted by atomic mass is 16.5. The number of carbonyl (C=O) groups is 1. The molecule has 39 heavy (non-hydrogen) atoms. The van der Waals surface area contributed by atoms with Gasteiger partial charge in [0, 0.05) is 11.8 Å². The summed E-state index contributed by atoms with van der Waals surface area (Å²) in [4.78, 5) is 8.81. The van der Waals surface area contributed by atoms with E-state index in [4.69, 9.17) is 16.0 Å². The lowest BCUT2D eigenvalue weighted by Gasteiger charge is -2.46. The van der Waals surface area contributed by atoms with E-state index >= 15 is 0 Å². The van der Waals surface area contributed by atoms with Crippen molar-refractivity contribution in [2.75, 3.05) is 13.2 Å². The summed E-state index contributed by atoms with van der Waals surface area (Å²) >= 11 is 0. The van der Waals surface area contributed by atoms with E-state index in [0.29, 0.717) is 23.2 Å². The van der Waals surface area contributed by atoms with Crippen molar-refractivity contribution in [1.29, 1.82) is 0 Å². The Labute approximate surface area is 253 Å². The molecule has 0 saturated carbocycles. The Hall–Kier alpha value is -1.25. The molecule has 0 N–H and O–H groups in total. The highest BCUT2D eigenvalue weighted by Crippen LogP contribution is 2.46. The Bertz CT molecular complexity index is 416. The summed E-state index contributed by atoms with van der Waals surface area (Å²) in [5, 5.41) is 0. The first-order chi connectivity index (χ1) is 17.9. The van der Waals surface area contributed by atoms with Crippen molar-refractivity contribution in [1.82, 2.24) is 0 Å². The maximum Gasteiger partial charge on any atom is 0.116 e. The Kier molecular flexibility index (Phi) is 83.9. The average Bonchev–Trinajstić information content (AvgIpc) is 2.87. The SMILES string of the molecule is C.C#C.C#CC(C)[C@@](C)(CCC(C)(C)C)C(C)C1COC1.CC.CC.CC.CC=O.CCC.CCC.CCC. The van der Waals surface area contributed by atoms with Crippen LogP contribution in [0.3, 0.4) is 0 Å². The van der Waals surface area contributed by atoms with Gasteiger partial charge in [0.25, 0.3) is 0 Å². The second kappa shape index (κ2) is 53.1. The molecule has 0 aromatic heterocycles. The minimum Gasteiger partial charge on any atom is -0.381 e. The molecule has 242 valence electrons. The molecule has 0 amide bonds. The molecule has 2 unspecified atom stereocenters. The van der Waals surface area contributed by atoms with Crippen LogP contribution in [0.2, 0.25) is 0 Å². The van der Waals surface area contributed by atoms with E-state index in [2.05, 4.69) is 102 Å². The van der Waals surface area contributed by atoms with Crippen LogP contribution < -0.4 is 0 Å². The van der Waals surface area contributed by atoms with E-state index < -0.39 is 0 Å². The molecule has 0 bridgehead atoms. The predicted octanol–water partition coefficient (Wildman–Crippen LogP) is 12.8. The van der Waals surface area contributed by atoms with Crippen LogP contribution in [-0.4, -0.2) is 19.5 Å². The monoisotopic (exact) mass is 559 g/mol. The lowest BCUT2D eigenvalue weighted by molar-refractivity contribution is -0.106. The fourth-order valence-corrected chi connectivity index (χ4v) is 2.75. The number of rotatable bonds is 5. The number of carbonyl (C=O) groups excluding carboxylic acids is 1. The van der Waals surface area contributed by atoms with Crippen LogP contribution in [0.25, 0.3) is 0 Å². The molecule has 1 aliphatic heterocycles. The Morgan fingerprint density at radius 2 is 1.05 bits per heavy atom. The minimum absolute atomic E-state index is 0. The zero-order valence-electron chi connectivity index (χ0n) is 30.3. The summed E-state index contributed by atoms with van der Waals surface area (Å²) in [5.74, 6) is 4.65. The lowest BCUT2D eigenvalue weighted by atomic mass is 9.61. The average molecular weight is 559 g/mol. The maximum atomic E-state index is 8.81. The van der Waals surface area contributed by atoms with Crippen molar-refractivity contribution >= 4 is 6.29 Å². The molecule has 1 fully saturated rings. The highest BCUT2D eigenvalue weighted by molar-refractivity contribution is 5.44. The second-order valence-corrected chi connectivity index (χ2v) is 9.90. The fourth-order valence-electron chi connectivity index (χ4n) is 2.75. The zero-order chi connectivity index (χ0) is 32.8. The first-order valence-corrected chi connectivity index (χ1v) is 15.6. The van der Waals surface area contributed by atoms with Crippen molar-refractivity contribution in [3.8, 4) is 25.2 Å². The van der Waals surface area contributed by atoms with Crippen molar-refractivity contribution < 1.29 is 9.53 Å². The second-order valence-electron chi connectivity index (χ2n) is 9.90. The van der Waals surface area contributed by atoms with Gasteiger partial charge in [0.15, 0.2) is 0 Å². The molecule has 1 rings (SSSR count). The van der Waals surface area contributed by atoms with E-state index in [1.54, 1.807) is 0 Å². The maximum absolute atomic E-state index is 8.81. The lowest BCUT2D eigenvalue weighted by Crippen LogP contribution is -2.44. The van der Waals surface area contributed by atoms with Crippen molar-refractivity contribution in [2.24, 2.45) is 28.6 Å². The number of aldehydes is 1. The number of hydrogen-bond acceptors (Lipinski definition) is 2. The van der Waals surface area contributed by atoms with E-state index in [9.17, 15) is 0 Å². The van der Waals surface area contributed by atoms with Crippen LogP contribution in [0.15, 0.2) is 0 Å². The summed E-state index contributed by atoms with van der Waals surface area (Å²) < 4.78 is 5.36. The third-order valence-corrected chi connectivity index (χ3v) is 5.06. The van der Waals surface area contributed by atoms with Crippen LogP contribution in [0.1, 0.15) is 171 Å². The third kappa shape index (κ3) is 50.1. The van der Waals surface area contributed by atoms with Crippen molar-refractivity contribution in [3.63, 3.8) is 0 Å². The van der Waals surface area contributed by atoms with Crippen molar-refractivity contribution in [2.45, 2.75) is 171 Å². The Morgan fingerprint density at radius 3 is 1.21 bits per heavy atom. The summed E-state index contributed by atoms with van der Waals surface area (Å²) in [6, 6.07) is 0.